The van der Waals surface area contributed by atoms with Crippen molar-refractivity contribution in [3.63, 3.8) is 0 Å². The molecule has 3 atom stereocenters. The van der Waals surface area contributed by atoms with Crippen molar-refractivity contribution in [3.8, 4) is 0 Å². The van der Waals surface area contributed by atoms with Gasteiger partial charge in [0.15, 0.2) is 0 Å². The second kappa shape index (κ2) is 6.66. The van der Waals surface area contributed by atoms with E-state index in [2.05, 4.69) is 24.5 Å². The summed E-state index contributed by atoms with van der Waals surface area (Å²) in [5.41, 5.74) is -0.432. The smallest absolute Gasteiger partial charge is 0.407 e. The first-order chi connectivity index (χ1) is 8.26. The molecule has 0 aromatic carbocycles. The Morgan fingerprint density at radius 2 is 2.17 bits per heavy atom. The highest BCUT2D eigenvalue weighted by molar-refractivity contribution is 8.00. The first-order valence-electron chi connectivity index (χ1n) is 6.61. The van der Waals surface area contributed by atoms with Crippen LogP contribution in [0.4, 0.5) is 4.79 Å². The Morgan fingerprint density at radius 1 is 1.50 bits per heavy atom. The van der Waals surface area contributed by atoms with Crippen molar-refractivity contribution in [1.82, 2.24) is 10.6 Å². The average Bonchev–Trinajstić information content (AvgIpc) is 2.58. The van der Waals surface area contributed by atoms with Crippen LogP contribution in [0.5, 0.6) is 0 Å². The topological polar surface area (TPSA) is 50.4 Å². The molecule has 3 unspecified atom stereocenters. The van der Waals surface area contributed by atoms with Gasteiger partial charge >= 0.3 is 6.09 Å². The highest BCUT2D eigenvalue weighted by Crippen LogP contribution is 2.26. The fourth-order valence-electron chi connectivity index (χ4n) is 1.95. The Hall–Kier alpha value is -0.420. The number of amides is 1. The van der Waals surface area contributed by atoms with Crippen LogP contribution in [0.25, 0.3) is 0 Å². The van der Waals surface area contributed by atoms with Crippen molar-refractivity contribution >= 4 is 17.9 Å². The van der Waals surface area contributed by atoms with E-state index in [1.807, 2.05) is 32.5 Å². The number of carbonyl (C=O) groups is 1. The number of nitrogens with one attached hydrogen (secondary N) is 2. The van der Waals surface area contributed by atoms with Gasteiger partial charge in [0.05, 0.1) is 0 Å². The second-order valence-electron chi connectivity index (χ2n) is 6.03. The molecule has 0 aromatic rings. The molecular formula is C13H26N2O2S. The summed E-state index contributed by atoms with van der Waals surface area (Å²) in [4.78, 5) is 11.5. The maximum atomic E-state index is 11.5. The van der Waals surface area contributed by atoms with Crippen LogP contribution in [-0.4, -0.2) is 41.3 Å². The monoisotopic (exact) mass is 274 g/mol. The third kappa shape index (κ3) is 6.50. The molecule has 5 heteroatoms. The number of hydrogen-bond donors (Lipinski definition) is 2. The highest BCUT2D eigenvalue weighted by atomic mass is 32.2. The SMILES string of the molecule is CC(CNC(=O)OC(C)(C)C)NC1CSC(C)C1. The number of thioether (sulfide) groups is 1. The van der Waals surface area contributed by atoms with Gasteiger partial charge in [0.1, 0.15) is 5.60 Å². The summed E-state index contributed by atoms with van der Waals surface area (Å²) in [7, 11) is 0. The van der Waals surface area contributed by atoms with Crippen molar-refractivity contribution in [3.05, 3.63) is 0 Å². The van der Waals surface area contributed by atoms with Gasteiger partial charge in [-0.1, -0.05) is 6.92 Å². The van der Waals surface area contributed by atoms with Crippen LogP contribution < -0.4 is 10.6 Å². The fraction of sp³-hybridized carbons (Fsp3) is 0.923. The van der Waals surface area contributed by atoms with Gasteiger partial charge in [-0.2, -0.15) is 11.8 Å². The molecule has 1 heterocycles. The zero-order valence-corrected chi connectivity index (χ0v) is 12.9. The van der Waals surface area contributed by atoms with Gasteiger partial charge in [0.2, 0.25) is 0 Å². The molecule has 0 aromatic heterocycles. The largest absolute Gasteiger partial charge is 0.444 e. The van der Waals surface area contributed by atoms with Crippen LogP contribution in [0.1, 0.15) is 41.0 Å². The molecule has 1 aliphatic rings. The third-order valence-corrected chi connectivity index (χ3v) is 4.03. The Kier molecular flexibility index (Phi) is 5.79. The summed E-state index contributed by atoms with van der Waals surface area (Å²) in [5, 5.41) is 7.07. The van der Waals surface area contributed by atoms with Gasteiger partial charge in [-0.15, -0.1) is 0 Å². The molecule has 0 bridgehead atoms. The minimum atomic E-state index is -0.432. The van der Waals surface area contributed by atoms with Gasteiger partial charge in [-0.05, 0) is 34.1 Å². The highest BCUT2D eigenvalue weighted by Gasteiger charge is 2.23. The van der Waals surface area contributed by atoms with E-state index < -0.39 is 5.60 Å². The molecule has 1 rings (SSSR count). The van der Waals surface area contributed by atoms with Crippen LogP contribution in [0.15, 0.2) is 0 Å². The van der Waals surface area contributed by atoms with Crippen molar-refractivity contribution in [2.75, 3.05) is 12.3 Å². The van der Waals surface area contributed by atoms with Crippen molar-refractivity contribution < 1.29 is 9.53 Å². The first kappa shape index (κ1) is 15.6. The van der Waals surface area contributed by atoms with Crippen molar-refractivity contribution in [1.29, 1.82) is 0 Å². The van der Waals surface area contributed by atoms with Gasteiger partial charge in [0, 0.05) is 29.6 Å². The molecule has 4 nitrogen and oxygen atoms in total. The predicted octanol–water partition coefficient (Wildman–Crippen LogP) is 2.38. The lowest BCUT2D eigenvalue weighted by atomic mass is 10.1. The maximum Gasteiger partial charge on any atom is 0.407 e. The van der Waals surface area contributed by atoms with Crippen LogP contribution in [0.2, 0.25) is 0 Å². The zero-order chi connectivity index (χ0) is 13.8. The number of alkyl carbamates (subject to hydrolysis) is 1. The van der Waals surface area contributed by atoms with Crippen molar-refractivity contribution in [2.45, 2.75) is 64.0 Å². The van der Waals surface area contributed by atoms with E-state index in [0.717, 1.165) is 11.0 Å². The van der Waals surface area contributed by atoms with E-state index >= 15 is 0 Å². The molecule has 106 valence electrons. The maximum absolute atomic E-state index is 11.5. The quantitative estimate of drug-likeness (QED) is 0.826. The molecule has 0 spiro atoms. The lowest BCUT2D eigenvalue weighted by Gasteiger charge is -2.22. The van der Waals surface area contributed by atoms with E-state index in [-0.39, 0.29) is 12.1 Å². The summed E-state index contributed by atoms with van der Waals surface area (Å²) < 4.78 is 5.19. The molecule has 2 N–H and O–H groups in total. The summed E-state index contributed by atoms with van der Waals surface area (Å²) >= 11 is 2.01. The average molecular weight is 274 g/mol. The van der Waals surface area contributed by atoms with Gasteiger partial charge in [0.25, 0.3) is 0 Å². The predicted molar refractivity (Wildman–Crippen MR) is 77.2 cm³/mol. The molecule has 1 amide bonds. The standard InChI is InChI=1S/C13H26N2O2S/c1-9(15-11-6-10(2)18-8-11)7-14-12(16)17-13(3,4)5/h9-11,15H,6-8H2,1-5H3,(H,14,16). The lowest BCUT2D eigenvalue weighted by molar-refractivity contribution is 0.0522. The second-order valence-corrected chi connectivity index (χ2v) is 7.50. The van der Waals surface area contributed by atoms with Crippen LogP contribution in [0.3, 0.4) is 0 Å². The minimum absolute atomic E-state index is 0.272. The van der Waals surface area contributed by atoms with E-state index in [4.69, 9.17) is 4.74 Å². The minimum Gasteiger partial charge on any atom is -0.444 e. The molecule has 1 aliphatic heterocycles. The van der Waals surface area contributed by atoms with Crippen LogP contribution in [-0.2, 0) is 4.74 Å². The van der Waals surface area contributed by atoms with E-state index in [1.54, 1.807) is 0 Å². The van der Waals surface area contributed by atoms with Gasteiger partial charge in [-0.25, -0.2) is 4.79 Å². The molecule has 0 radical (unpaired) electrons. The summed E-state index contributed by atoms with van der Waals surface area (Å²) in [6.45, 7) is 10.5. The Morgan fingerprint density at radius 3 is 2.67 bits per heavy atom. The normalized spacial score (nSPS) is 25.8. The van der Waals surface area contributed by atoms with E-state index in [1.165, 1.54) is 6.42 Å². The lowest BCUT2D eigenvalue weighted by Crippen LogP contribution is -2.45. The third-order valence-electron chi connectivity index (χ3n) is 2.67. The van der Waals surface area contributed by atoms with Crippen LogP contribution in [0, 0.1) is 0 Å². The van der Waals surface area contributed by atoms with Crippen molar-refractivity contribution in [2.24, 2.45) is 0 Å². The number of ether oxygens (including phenoxy) is 1. The molecule has 1 saturated heterocycles. The Balaban J connectivity index is 2.17. The molecule has 18 heavy (non-hydrogen) atoms. The summed E-state index contributed by atoms with van der Waals surface area (Å²) in [5.74, 6) is 1.16. The summed E-state index contributed by atoms with van der Waals surface area (Å²) in [6.07, 6.45) is 0.867. The molecule has 0 saturated carbocycles. The number of carbonyl (C=O) groups excluding carboxylic acids is 1. The van der Waals surface area contributed by atoms with E-state index in [9.17, 15) is 4.79 Å². The number of hydrogen-bond acceptors (Lipinski definition) is 4. The molecular weight excluding hydrogens is 248 g/mol. The Labute approximate surface area is 115 Å². The summed E-state index contributed by atoms with van der Waals surface area (Å²) in [6, 6.07) is 0.842. The Bertz CT molecular complexity index is 279. The van der Waals surface area contributed by atoms with Gasteiger partial charge < -0.3 is 15.4 Å². The van der Waals surface area contributed by atoms with E-state index in [0.29, 0.717) is 12.6 Å². The first-order valence-corrected chi connectivity index (χ1v) is 7.65. The zero-order valence-electron chi connectivity index (χ0n) is 12.1. The fourth-order valence-corrected chi connectivity index (χ4v) is 3.11. The van der Waals surface area contributed by atoms with Crippen LogP contribution >= 0.6 is 11.8 Å². The van der Waals surface area contributed by atoms with Gasteiger partial charge in [-0.3, -0.25) is 0 Å². The molecule has 1 fully saturated rings. The number of rotatable bonds is 4. The molecule has 0 aliphatic carbocycles.